The zero-order chi connectivity index (χ0) is 20.6. The Bertz CT molecular complexity index is 1020. The van der Waals surface area contributed by atoms with Crippen molar-refractivity contribution in [3.63, 3.8) is 0 Å². The van der Waals surface area contributed by atoms with Gasteiger partial charge < -0.3 is 18.7 Å². The van der Waals surface area contributed by atoms with Crippen molar-refractivity contribution >= 4 is 23.6 Å². The van der Waals surface area contributed by atoms with Crippen LogP contribution in [0.4, 0.5) is 0 Å². The molecule has 0 aliphatic rings. The van der Waals surface area contributed by atoms with E-state index in [2.05, 4.69) is 10.1 Å². The molecule has 0 saturated heterocycles. The van der Waals surface area contributed by atoms with Crippen LogP contribution in [0.3, 0.4) is 0 Å². The second-order valence-corrected chi connectivity index (χ2v) is 6.26. The van der Waals surface area contributed by atoms with Gasteiger partial charge in [-0.3, -0.25) is 0 Å². The lowest BCUT2D eigenvalue weighted by atomic mass is 10.2. The number of allylic oxidation sites excluding steroid dienone is 1. The lowest BCUT2D eigenvalue weighted by Crippen LogP contribution is -2.15. The number of ether oxygens (including phenoxy) is 3. The van der Waals surface area contributed by atoms with Crippen LogP contribution in [0, 0.1) is 0 Å². The minimum atomic E-state index is -0.581. The number of carbonyl (C=O) groups excluding carboxylic acids is 1. The van der Waals surface area contributed by atoms with Crippen LogP contribution in [0.2, 0.25) is 5.02 Å². The number of nitrogens with zero attached hydrogens (tertiary/aromatic N) is 2. The van der Waals surface area contributed by atoms with Crippen molar-refractivity contribution in [2.24, 2.45) is 0 Å². The third kappa shape index (κ3) is 5.36. The predicted octanol–water partition coefficient (Wildman–Crippen LogP) is 4.55. The molecule has 7 nitrogen and oxygen atoms in total. The Morgan fingerprint density at radius 1 is 1.21 bits per heavy atom. The number of methoxy groups -OCH3 is 1. The fraction of sp³-hybridized carbons (Fsp3) is 0.190. The second-order valence-electron chi connectivity index (χ2n) is 5.85. The molecule has 0 radical (unpaired) electrons. The van der Waals surface area contributed by atoms with E-state index in [4.69, 9.17) is 30.3 Å². The van der Waals surface area contributed by atoms with Crippen LogP contribution in [-0.4, -0.2) is 29.8 Å². The first-order valence-electron chi connectivity index (χ1n) is 8.77. The molecule has 1 aromatic heterocycles. The first-order chi connectivity index (χ1) is 14.1. The standard InChI is InChI=1S/C21H19ClN2O5/c1-3-6-14-9-10-17(18(11-14)26-2)27-13-20(25)28-12-19-23-21(24-29-19)15-7-4-5-8-16(15)22/h3-11H,12-13H2,1-2H3/b6-3+. The fourth-order valence-electron chi connectivity index (χ4n) is 2.49. The minimum Gasteiger partial charge on any atom is -0.493 e. The van der Waals surface area contributed by atoms with Crippen molar-refractivity contribution in [1.82, 2.24) is 10.1 Å². The summed E-state index contributed by atoms with van der Waals surface area (Å²) in [4.78, 5) is 16.2. The molecule has 2 aromatic carbocycles. The molecular formula is C21H19ClN2O5. The number of halogens is 1. The Balaban J connectivity index is 1.54. The molecule has 3 aromatic rings. The number of benzene rings is 2. The van der Waals surface area contributed by atoms with Crippen LogP contribution in [0.5, 0.6) is 11.5 Å². The number of rotatable bonds is 8. The van der Waals surface area contributed by atoms with Crippen molar-refractivity contribution in [3.05, 3.63) is 65.0 Å². The van der Waals surface area contributed by atoms with E-state index in [0.29, 0.717) is 27.9 Å². The minimum absolute atomic E-state index is 0.154. The monoisotopic (exact) mass is 414 g/mol. The summed E-state index contributed by atoms with van der Waals surface area (Å²) in [5.41, 5.74) is 1.59. The molecule has 150 valence electrons. The van der Waals surface area contributed by atoms with Gasteiger partial charge in [-0.05, 0) is 36.8 Å². The zero-order valence-corrected chi connectivity index (χ0v) is 16.7. The van der Waals surface area contributed by atoms with Gasteiger partial charge in [-0.25, -0.2) is 4.79 Å². The smallest absolute Gasteiger partial charge is 0.344 e. The van der Waals surface area contributed by atoms with Crippen LogP contribution < -0.4 is 9.47 Å². The highest BCUT2D eigenvalue weighted by molar-refractivity contribution is 6.33. The van der Waals surface area contributed by atoms with E-state index in [9.17, 15) is 4.79 Å². The molecule has 29 heavy (non-hydrogen) atoms. The Morgan fingerprint density at radius 2 is 2.03 bits per heavy atom. The summed E-state index contributed by atoms with van der Waals surface area (Å²) in [5.74, 6) is 0.860. The van der Waals surface area contributed by atoms with Gasteiger partial charge in [0.15, 0.2) is 24.7 Å². The molecular weight excluding hydrogens is 396 g/mol. The quantitative estimate of drug-likeness (QED) is 0.500. The number of hydrogen-bond donors (Lipinski definition) is 0. The van der Waals surface area contributed by atoms with E-state index in [-0.39, 0.29) is 19.1 Å². The molecule has 0 unspecified atom stereocenters. The molecule has 8 heteroatoms. The van der Waals surface area contributed by atoms with E-state index in [1.807, 2.05) is 37.3 Å². The molecule has 0 fully saturated rings. The van der Waals surface area contributed by atoms with Crippen LogP contribution in [0.15, 0.2) is 53.1 Å². The van der Waals surface area contributed by atoms with Crippen LogP contribution in [-0.2, 0) is 16.1 Å². The molecule has 0 aliphatic carbocycles. The van der Waals surface area contributed by atoms with Crippen molar-refractivity contribution in [2.45, 2.75) is 13.5 Å². The van der Waals surface area contributed by atoms with Gasteiger partial charge in [-0.2, -0.15) is 4.98 Å². The summed E-state index contributed by atoms with van der Waals surface area (Å²) in [6, 6.07) is 12.5. The molecule has 3 rings (SSSR count). The van der Waals surface area contributed by atoms with Gasteiger partial charge in [-0.15, -0.1) is 0 Å². The molecule has 0 spiro atoms. The lowest BCUT2D eigenvalue weighted by molar-refractivity contribution is -0.148. The molecule has 0 amide bonds. The predicted molar refractivity (Wildman–Crippen MR) is 108 cm³/mol. The van der Waals surface area contributed by atoms with E-state index >= 15 is 0 Å². The van der Waals surface area contributed by atoms with E-state index in [1.54, 1.807) is 24.3 Å². The van der Waals surface area contributed by atoms with E-state index in [0.717, 1.165) is 5.56 Å². The van der Waals surface area contributed by atoms with Crippen molar-refractivity contribution in [2.75, 3.05) is 13.7 Å². The largest absolute Gasteiger partial charge is 0.493 e. The number of aromatic nitrogens is 2. The highest BCUT2D eigenvalue weighted by Gasteiger charge is 2.14. The number of esters is 1. The first kappa shape index (κ1) is 20.4. The van der Waals surface area contributed by atoms with E-state index in [1.165, 1.54) is 7.11 Å². The number of carbonyl (C=O) groups is 1. The Labute approximate surface area is 172 Å². The average Bonchev–Trinajstić information content (AvgIpc) is 3.20. The van der Waals surface area contributed by atoms with Gasteiger partial charge in [-0.1, -0.05) is 47.1 Å². The van der Waals surface area contributed by atoms with Gasteiger partial charge in [0.2, 0.25) is 5.82 Å². The second kappa shape index (κ2) is 9.75. The third-order valence-corrected chi connectivity index (χ3v) is 4.16. The maximum atomic E-state index is 12.0. The summed E-state index contributed by atoms with van der Waals surface area (Å²) in [6.07, 6.45) is 3.85. The van der Waals surface area contributed by atoms with Gasteiger partial charge in [0, 0.05) is 5.56 Å². The average molecular weight is 415 g/mol. The van der Waals surface area contributed by atoms with Crippen molar-refractivity contribution in [3.8, 4) is 22.9 Å². The van der Waals surface area contributed by atoms with Crippen LogP contribution in [0.1, 0.15) is 18.4 Å². The van der Waals surface area contributed by atoms with E-state index < -0.39 is 5.97 Å². The lowest BCUT2D eigenvalue weighted by Gasteiger charge is -2.10. The fourth-order valence-corrected chi connectivity index (χ4v) is 2.71. The van der Waals surface area contributed by atoms with Crippen molar-refractivity contribution < 1.29 is 23.5 Å². The molecule has 0 saturated carbocycles. The Kier molecular flexibility index (Phi) is 6.86. The third-order valence-electron chi connectivity index (χ3n) is 3.83. The number of hydrogen-bond acceptors (Lipinski definition) is 7. The Hall–Kier alpha value is -3.32. The zero-order valence-electron chi connectivity index (χ0n) is 15.9. The maximum Gasteiger partial charge on any atom is 0.344 e. The summed E-state index contributed by atoms with van der Waals surface area (Å²) in [6.45, 7) is 1.47. The van der Waals surface area contributed by atoms with Gasteiger partial charge >= 0.3 is 5.97 Å². The van der Waals surface area contributed by atoms with Gasteiger partial charge in [0.25, 0.3) is 5.89 Å². The summed E-state index contributed by atoms with van der Waals surface area (Å²) in [5, 5.41) is 4.35. The topological polar surface area (TPSA) is 83.7 Å². The van der Waals surface area contributed by atoms with Gasteiger partial charge in [0.05, 0.1) is 12.1 Å². The molecule has 0 aliphatic heterocycles. The molecule has 0 N–H and O–H groups in total. The highest BCUT2D eigenvalue weighted by Crippen LogP contribution is 2.28. The SMILES string of the molecule is C/C=C/c1ccc(OCC(=O)OCc2nc(-c3ccccc3Cl)no2)c(OC)c1. The molecule has 0 atom stereocenters. The molecule has 1 heterocycles. The van der Waals surface area contributed by atoms with Crippen molar-refractivity contribution in [1.29, 1.82) is 0 Å². The van der Waals surface area contributed by atoms with Gasteiger partial charge in [0.1, 0.15) is 0 Å². The normalized spacial score (nSPS) is 10.9. The maximum absolute atomic E-state index is 12.0. The summed E-state index contributed by atoms with van der Waals surface area (Å²) in [7, 11) is 1.53. The highest BCUT2D eigenvalue weighted by atomic mass is 35.5. The van der Waals surface area contributed by atoms with Crippen LogP contribution >= 0.6 is 11.6 Å². The summed E-state index contributed by atoms with van der Waals surface area (Å²) < 4.78 is 21.0. The first-order valence-corrected chi connectivity index (χ1v) is 9.15. The Morgan fingerprint density at radius 3 is 2.79 bits per heavy atom. The summed E-state index contributed by atoms with van der Waals surface area (Å²) >= 11 is 6.11. The molecule has 0 bridgehead atoms. The van der Waals surface area contributed by atoms with Crippen LogP contribution in [0.25, 0.3) is 17.5 Å².